The summed E-state index contributed by atoms with van der Waals surface area (Å²) in [5.74, 6) is 0.940. The van der Waals surface area contributed by atoms with Gasteiger partial charge in [-0.2, -0.15) is 4.98 Å². The third-order valence-corrected chi connectivity index (χ3v) is 3.61. The summed E-state index contributed by atoms with van der Waals surface area (Å²) in [6.45, 7) is 3.44. The second-order valence-corrected chi connectivity index (χ2v) is 5.60. The summed E-state index contributed by atoms with van der Waals surface area (Å²) in [5, 5.41) is 3.24. The summed E-state index contributed by atoms with van der Waals surface area (Å²) in [5.41, 5.74) is 10.1. The topological polar surface area (TPSA) is 80.9 Å². The van der Waals surface area contributed by atoms with Crippen LogP contribution in [0, 0.1) is 6.92 Å². The number of hydrogen-bond acceptors (Lipinski definition) is 5. The SMILES string of the molecule is CC(=O)c1cccc(-c2cccc(Nc3cc(C)nc(N)n3)c2)c1. The maximum Gasteiger partial charge on any atom is 0.222 e. The van der Waals surface area contributed by atoms with Crippen LogP contribution in [0.1, 0.15) is 23.0 Å². The molecule has 0 aliphatic carbocycles. The van der Waals surface area contributed by atoms with E-state index in [2.05, 4.69) is 15.3 Å². The van der Waals surface area contributed by atoms with Crippen molar-refractivity contribution in [2.45, 2.75) is 13.8 Å². The first-order valence-electron chi connectivity index (χ1n) is 7.61. The molecule has 3 N–H and O–H groups in total. The number of benzene rings is 2. The van der Waals surface area contributed by atoms with Gasteiger partial charge in [0.25, 0.3) is 0 Å². The highest BCUT2D eigenvalue weighted by Gasteiger charge is 2.05. The highest BCUT2D eigenvalue weighted by atomic mass is 16.1. The zero-order valence-corrected chi connectivity index (χ0v) is 13.6. The minimum Gasteiger partial charge on any atom is -0.368 e. The van der Waals surface area contributed by atoms with Crippen LogP contribution in [0.15, 0.2) is 54.6 Å². The zero-order valence-electron chi connectivity index (χ0n) is 13.6. The van der Waals surface area contributed by atoms with Crippen molar-refractivity contribution >= 4 is 23.2 Å². The third kappa shape index (κ3) is 3.57. The number of anilines is 3. The number of carbonyl (C=O) groups excluding carboxylic acids is 1. The Balaban J connectivity index is 1.92. The molecule has 3 aromatic rings. The van der Waals surface area contributed by atoms with Gasteiger partial charge in [0, 0.05) is 23.0 Å². The molecule has 5 heteroatoms. The summed E-state index contributed by atoms with van der Waals surface area (Å²) >= 11 is 0. The van der Waals surface area contributed by atoms with Gasteiger partial charge in [0.15, 0.2) is 5.78 Å². The first-order chi connectivity index (χ1) is 11.5. The highest BCUT2D eigenvalue weighted by Crippen LogP contribution is 2.25. The molecule has 1 heterocycles. The van der Waals surface area contributed by atoms with E-state index in [-0.39, 0.29) is 11.7 Å². The summed E-state index contributed by atoms with van der Waals surface area (Å²) in [4.78, 5) is 19.8. The fourth-order valence-electron chi connectivity index (χ4n) is 2.50. The molecule has 0 spiro atoms. The van der Waals surface area contributed by atoms with Crippen LogP contribution in [0.4, 0.5) is 17.5 Å². The largest absolute Gasteiger partial charge is 0.368 e. The van der Waals surface area contributed by atoms with Crippen molar-refractivity contribution in [3.8, 4) is 11.1 Å². The van der Waals surface area contributed by atoms with Crippen LogP contribution in [0.3, 0.4) is 0 Å². The van der Waals surface area contributed by atoms with E-state index in [0.717, 1.165) is 22.5 Å². The Morgan fingerprint density at radius 2 is 1.71 bits per heavy atom. The minimum absolute atomic E-state index is 0.0538. The number of Topliss-reactive ketones (excluding diaryl/α,β-unsaturated/α-hetero) is 1. The van der Waals surface area contributed by atoms with Crippen LogP contribution in [0.25, 0.3) is 11.1 Å². The lowest BCUT2D eigenvalue weighted by Gasteiger charge is -2.09. The van der Waals surface area contributed by atoms with Crippen LogP contribution >= 0.6 is 0 Å². The molecule has 5 nitrogen and oxygen atoms in total. The van der Waals surface area contributed by atoms with Crippen molar-refractivity contribution in [2.24, 2.45) is 0 Å². The van der Waals surface area contributed by atoms with Gasteiger partial charge in [0.1, 0.15) is 5.82 Å². The maximum absolute atomic E-state index is 11.6. The lowest BCUT2D eigenvalue weighted by atomic mass is 10.0. The Morgan fingerprint density at radius 1 is 1.00 bits per heavy atom. The molecule has 0 aliphatic heterocycles. The molecule has 120 valence electrons. The number of nitrogens with one attached hydrogen (secondary N) is 1. The maximum atomic E-state index is 11.6. The molecule has 1 aromatic heterocycles. The second-order valence-electron chi connectivity index (χ2n) is 5.60. The van der Waals surface area contributed by atoms with E-state index in [1.54, 1.807) is 6.92 Å². The molecule has 0 saturated heterocycles. The number of hydrogen-bond donors (Lipinski definition) is 2. The van der Waals surface area contributed by atoms with Crippen LogP contribution in [0.2, 0.25) is 0 Å². The smallest absolute Gasteiger partial charge is 0.222 e. The van der Waals surface area contributed by atoms with E-state index in [4.69, 9.17) is 5.73 Å². The van der Waals surface area contributed by atoms with Crippen molar-refractivity contribution in [1.82, 2.24) is 9.97 Å². The highest BCUT2D eigenvalue weighted by molar-refractivity contribution is 5.95. The lowest BCUT2D eigenvalue weighted by molar-refractivity contribution is 0.101. The quantitative estimate of drug-likeness (QED) is 0.711. The van der Waals surface area contributed by atoms with Gasteiger partial charge in [-0.1, -0.05) is 30.3 Å². The second kappa shape index (κ2) is 6.50. The van der Waals surface area contributed by atoms with E-state index in [9.17, 15) is 4.79 Å². The zero-order chi connectivity index (χ0) is 17.1. The Labute approximate surface area is 140 Å². The lowest BCUT2D eigenvalue weighted by Crippen LogP contribution is -2.01. The molecule has 0 aliphatic rings. The van der Waals surface area contributed by atoms with Gasteiger partial charge in [-0.05, 0) is 43.2 Å². The number of nitrogens with two attached hydrogens (primary N) is 1. The first kappa shape index (κ1) is 15.7. The molecule has 0 unspecified atom stereocenters. The molecule has 0 radical (unpaired) electrons. The van der Waals surface area contributed by atoms with Crippen molar-refractivity contribution in [3.05, 3.63) is 65.9 Å². The van der Waals surface area contributed by atoms with Crippen LogP contribution < -0.4 is 11.1 Å². The molecule has 24 heavy (non-hydrogen) atoms. The Hall–Kier alpha value is -3.21. The molecule has 2 aromatic carbocycles. The number of aromatic nitrogens is 2. The van der Waals surface area contributed by atoms with E-state index in [1.165, 1.54) is 0 Å². The van der Waals surface area contributed by atoms with Gasteiger partial charge < -0.3 is 11.1 Å². The molecule has 0 amide bonds. The number of nitrogen functional groups attached to an aromatic ring is 1. The normalized spacial score (nSPS) is 10.4. The van der Waals surface area contributed by atoms with Crippen LogP contribution in [-0.4, -0.2) is 15.8 Å². The molecule has 0 saturated carbocycles. The minimum atomic E-state index is 0.0538. The van der Waals surface area contributed by atoms with Crippen LogP contribution in [0.5, 0.6) is 0 Å². The van der Waals surface area contributed by atoms with Crippen molar-refractivity contribution in [2.75, 3.05) is 11.1 Å². The van der Waals surface area contributed by atoms with Crippen molar-refractivity contribution in [1.29, 1.82) is 0 Å². The summed E-state index contributed by atoms with van der Waals surface area (Å²) in [6, 6.07) is 17.3. The number of ketones is 1. The number of nitrogens with zero attached hydrogens (tertiary/aromatic N) is 2. The fraction of sp³-hybridized carbons (Fsp3) is 0.105. The molecule has 0 atom stereocenters. The van der Waals surface area contributed by atoms with Gasteiger partial charge in [-0.3, -0.25) is 4.79 Å². The summed E-state index contributed by atoms with van der Waals surface area (Å²) in [6.07, 6.45) is 0. The van der Waals surface area contributed by atoms with E-state index >= 15 is 0 Å². The predicted molar refractivity (Wildman–Crippen MR) is 96.3 cm³/mol. The third-order valence-electron chi connectivity index (χ3n) is 3.61. The van der Waals surface area contributed by atoms with Gasteiger partial charge in [0.05, 0.1) is 0 Å². The number of aryl methyl sites for hydroxylation is 1. The van der Waals surface area contributed by atoms with Gasteiger partial charge in [0.2, 0.25) is 5.95 Å². The van der Waals surface area contributed by atoms with Crippen molar-refractivity contribution in [3.63, 3.8) is 0 Å². The van der Waals surface area contributed by atoms with Gasteiger partial charge in [-0.25, -0.2) is 4.98 Å². The molecule has 0 bridgehead atoms. The Morgan fingerprint density at radius 3 is 2.42 bits per heavy atom. The Bertz CT molecular complexity index is 885. The summed E-state index contributed by atoms with van der Waals surface area (Å²) in [7, 11) is 0. The number of carbonyl (C=O) groups is 1. The average molecular weight is 318 g/mol. The molecule has 0 fully saturated rings. The van der Waals surface area contributed by atoms with Gasteiger partial charge >= 0.3 is 0 Å². The van der Waals surface area contributed by atoms with E-state index in [1.807, 2.05) is 61.5 Å². The monoisotopic (exact) mass is 318 g/mol. The first-order valence-corrected chi connectivity index (χ1v) is 7.61. The van der Waals surface area contributed by atoms with E-state index in [0.29, 0.717) is 11.4 Å². The Kier molecular flexibility index (Phi) is 4.24. The molecular formula is C19H18N4O. The predicted octanol–water partition coefficient (Wildman–Crippen LogP) is 3.98. The fourth-order valence-corrected chi connectivity index (χ4v) is 2.50. The number of rotatable bonds is 4. The average Bonchev–Trinajstić information content (AvgIpc) is 2.54. The van der Waals surface area contributed by atoms with E-state index < -0.39 is 0 Å². The summed E-state index contributed by atoms with van der Waals surface area (Å²) < 4.78 is 0. The molecule has 3 rings (SSSR count). The molecular weight excluding hydrogens is 300 g/mol. The standard InChI is InChI=1S/C19H18N4O/c1-12-9-18(23-19(20)21-12)22-17-8-4-7-16(11-17)15-6-3-5-14(10-15)13(2)24/h3-11H,1-2H3,(H3,20,21,22,23). The van der Waals surface area contributed by atoms with Crippen LogP contribution in [-0.2, 0) is 0 Å². The van der Waals surface area contributed by atoms with Gasteiger partial charge in [-0.15, -0.1) is 0 Å². The van der Waals surface area contributed by atoms with Crippen molar-refractivity contribution < 1.29 is 4.79 Å².